The number of hydrogen-bond donors (Lipinski definition) is 1. The Hall–Kier alpha value is -2.70. The van der Waals surface area contributed by atoms with Crippen LogP contribution in [0.4, 0.5) is 11.5 Å². The van der Waals surface area contributed by atoms with Gasteiger partial charge in [0.15, 0.2) is 0 Å². The molecule has 0 aliphatic rings. The molecule has 0 aliphatic carbocycles. The molecule has 1 unspecified atom stereocenters. The number of nitro groups is 1. The summed E-state index contributed by atoms with van der Waals surface area (Å²) in [4.78, 5) is 18.6. The third-order valence-electron chi connectivity index (χ3n) is 2.92. The average molecular weight is 288 g/mol. The van der Waals surface area contributed by atoms with E-state index in [0.717, 1.165) is 6.42 Å². The molecule has 0 amide bonds. The van der Waals surface area contributed by atoms with Gasteiger partial charge in [0.25, 0.3) is 0 Å². The van der Waals surface area contributed by atoms with Gasteiger partial charge in [0.1, 0.15) is 12.1 Å². The zero-order chi connectivity index (χ0) is 15.2. The van der Waals surface area contributed by atoms with E-state index in [9.17, 15) is 10.1 Å². The lowest BCUT2D eigenvalue weighted by Gasteiger charge is -2.13. The number of rotatable bonds is 6. The van der Waals surface area contributed by atoms with Crippen molar-refractivity contribution in [3.05, 3.63) is 46.8 Å². The van der Waals surface area contributed by atoms with Gasteiger partial charge in [0.05, 0.1) is 4.92 Å². The summed E-state index contributed by atoms with van der Waals surface area (Å²) in [5.41, 5.74) is -0.262. The molecule has 21 heavy (non-hydrogen) atoms. The second kappa shape index (κ2) is 6.65. The van der Waals surface area contributed by atoms with Crippen molar-refractivity contribution >= 4 is 11.5 Å². The van der Waals surface area contributed by atoms with Crippen molar-refractivity contribution < 1.29 is 9.66 Å². The normalized spacial score (nSPS) is 11.7. The lowest BCUT2D eigenvalue weighted by Crippen LogP contribution is -2.16. The van der Waals surface area contributed by atoms with Gasteiger partial charge in [-0.05, 0) is 25.5 Å². The minimum atomic E-state index is -0.539. The van der Waals surface area contributed by atoms with E-state index in [1.54, 1.807) is 24.3 Å². The molecule has 1 heterocycles. The maximum atomic E-state index is 11.3. The Bertz CT molecular complexity index is 619. The molecule has 0 saturated heterocycles. The minimum absolute atomic E-state index is 0.0585. The van der Waals surface area contributed by atoms with E-state index in [0.29, 0.717) is 5.75 Å². The largest absolute Gasteiger partial charge is 0.434 e. The molecule has 0 saturated carbocycles. The predicted octanol–water partition coefficient (Wildman–Crippen LogP) is 3.39. The molecule has 0 bridgehead atoms. The first kappa shape index (κ1) is 14.7. The van der Waals surface area contributed by atoms with Crippen LogP contribution in [0.2, 0.25) is 0 Å². The molecule has 0 fully saturated rings. The number of hydrogen-bond acceptors (Lipinski definition) is 6. The number of benzene rings is 1. The topological polar surface area (TPSA) is 90.2 Å². The smallest absolute Gasteiger partial charge is 0.373 e. The summed E-state index contributed by atoms with van der Waals surface area (Å²) >= 11 is 0. The van der Waals surface area contributed by atoms with Crippen LogP contribution in [0.25, 0.3) is 0 Å². The summed E-state index contributed by atoms with van der Waals surface area (Å²) in [5, 5.41) is 14.3. The van der Waals surface area contributed by atoms with Crippen LogP contribution in [0.15, 0.2) is 36.7 Å². The van der Waals surface area contributed by atoms with Gasteiger partial charge in [0, 0.05) is 6.04 Å². The fourth-order valence-corrected chi connectivity index (χ4v) is 1.64. The van der Waals surface area contributed by atoms with Gasteiger partial charge >= 0.3 is 11.6 Å². The summed E-state index contributed by atoms with van der Waals surface area (Å²) in [6.07, 6.45) is 2.06. The molecular weight excluding hydrogens is 272 g/mol. The third-order valence-corrected chi connectivity index (χ3v) is 2.92. The van der Waals surface area contributed by atoms with Crippen molar-refractivity contribution in [1.82, 2.24) is 9.97 Å². The summed E-state index contributed by atoms with van der Waals surface area (Å²) in [6, 6.07) is 8.85. The van der Waals surface area contributed by atoms with Crippen LogP contribution in [-0.2, 0) is 0 Å². The Balaban J connectivity index is 2.36. The van der Waals surface area contributed by atoms with E-state index in [-0.39, 0.29) is 23.4 Å². The van der Waals surface area contributed by atoms with E-state index in [4.69, 9.17) is 4.74 Å². The summed E-state index contributed by atoms with van der Waals surface area (Å²) in [7, 11) is 0. The van der Waals surface area contributed by atoms with E-state index in [1.807, 2.05) is 19.9 Å². The Morgan fingerprint density at radius 3 is 2.67 bits per heavy atom. The van der Waals surface area contributed by atoms with Crippen LogP contribution >= 0.6 is 0 Å². The summed E-state index contributed by atoms with van der Waals surface area (Å²) in [6.45, 7) is 3.90. The van der Waals surface area contributed by atoms with Gasteiger partial charge in [-0.2, -0.15) is 4.98 Å². The molecule has 7 nitrogen and oxygen atoms in total. The zero-order valence-corrected chi connectivity index (χ0v) is 11.8. The summed E-state index contributed by atoms with van der Waals surface area (Å²) < 4.78 is 5.49. The van der Waals surface area contributed by atoms with Gasteiger partial charge < -0.3 is 10.1 Å². The van der Waals surface area contributed by atoms with Crippen LogP contribution in [0.1, 0.15) is 20.3 Å². The molecule has 1 aromatic carbocycles. The van der Waals surface area contributed by atoms with Gasteiger partial charge in [-0.25, -0.2) is 4.98 Å². The number of aromatic nitrogens is 2. The Labute approximate surface area is 122 Å². The maximum Gasteiger partial charge on any atom is 0.373 e. The van der Waals surface area contributed by atoms with Crippen LogP contribution in [0.5, 0.6) is 11.6 Å². The molecule has 0 radical (unpaired) electrons. The fraction of sp³-hybridized carbons (Fsp3) is 0.286. The highest BCUT2D eigenvalue weighted by Crippen LogP contribution is 2.34. The maximum absolute atomic E-state index is 11.3. The number of anilines is 1. The Morgan fingerprint density at radius 2 is 2.05 bits per heavy atom. The van der Waals surface area contributed by atoms with Crippen molar-refractivity contribution in [2.75, 3.05) is 5.32 Å². The van der Waals surface area contributed by atoms with Crippen LogP contribution in [-0.4, -0.2) is 20.9 Å². The molecule has 1 atom stereocenters. The molecule has 7 heteroatoms. The molecule has 1 N–H and O–H groups in total. The van der Waals surface area contributed by atoms with Crippen LogP contribution < -0.4 is 10.1 Å². The van der Waals surface area contributed by atoms with Gasteiger partial charge in [0.2, 0.25) is 5.82 Å². The first-order chi connectivity index (χ1) is 10.1. The SMILES string of the molecule is CCC(C)Nc1ncnc(Oc2ccccc2)c1[N+](=O)[O-]. The highest BCUT2D eigenvalue weighted by Gasteiger charge is 2.25. The zero-order valence-electron chi connectivity index (χ0n) is 11.8. The molecule has 1 aromatic heterocycles. The Morgan fingerprint density at radius 1 is 1.33 bits per heavy atom. The monoisotopic (exact) mass is 288 g/mol. The number of nitrogens with zero attached hydrogens (tertiary/aromatic N) is 3. The van der Waals surface area contributed by atoms with E-state index < -0.39 is 4.92 Å². The molecular formula is C14H16N4O3. The van der Waals surface area contributed by atoms with Gasteiger partial charge in [-0.1, -0.05) is 25.1 Å². The molecule has 0 aliphatic heterocycles. The second-order valence-corrected chi connectivity index (χ2v) is 4.50. The van der Waals surface area contributed by atoms with Crippen molar-refractivity contribution in [3.8, 4) is 11.6 Å². The molecule has 2 rings (SSSR count). The van der Waals surface area contributed by atoms with Gasteiger partial charge in [-0.15, -0.1) is 0 Å². The molecule has 110 valence electrons. The van der Waals surface area contributed by atoms with E-state index >= 15 is 0 Å². The van der Waals surface area contributed by atoms with E-state index in [2.05, 4.69) is 15.3 Å². The number of nitrogens with one attached hydrogen (secondary N) is 1. The highest BCUT2D eigenvalue weighted by molar-refractivity contribution is 5.62. The third kappa shape index (κ3) is 3.65. The minimum Gasteiger partial charge on any atom is -0.434 e. The standard InChI is InChI=1S/C14H16N4O3/c1-3-10(2)17-13-12(18(19)20)14(16-9-15-13)21-11-7-5-4-6-8-11/h4-10H,3H2,1-2H3,(H,15,16,17). The Kier molecular flexibility index (Phi) is 4.65. The molecule has 0 spiro atoms. The second-order valence-electron chi connectivity index (χ2n) is 4.50. The highest BCUT2D eigenvalue weighted by atomic mass is 16.6. The van der Waals surface area contributed by atoms with Crippen molar-refractivity contribution in [2.45, 2.75) is 26.3 Å². The lowest BCUT2D eigenvalue weighted by molar-refractivity contribution is -0.385. The van der Waals surface area contributed by atoms with Gasteiger partial charge in [-0.3, -0.25) is 10.1 Å². The molecule has 2 aromatic rings. The summed E-state index contributed by atoms with van der Waals surface area (Å²) in [5.74, 6) is 0.566. The fourth-order valence-electron chi connectivity index (χ4n) is 1.64. The lowest BCUT2D eigenvalue weighted by atomic mass is 10.2. The van der Waals surface area contributed by atoms with Crippen LogP contribution in [0.3, 0.4) is 0 Å². The van der Waals surface area contributed by atoms with Crippen molar-refractivity contribution in [2.24, 2.45) is 0 Å². The number of ether oxygens (including phenoxy) is 1. The average Bonchev–Trinajstić information content (AvgIpc) is 2.48. The quantitative estimate of drug-likeness (QED) is 0.647. The predicted molar refractivity (Wildman–Crippen MR) is 78.6 cm³/mol. The van der Waals surface area contributed by atoms with E-state index in [1.165, 1.54) is 6.33 Å². The first-order valence-electron chi connectivity index (χ1n) is 6.60. The van der Waals surface area contributed by atoms with Crippen LogP contribution in [0, 0.1) is 10.1 Å². The van der Waals surface area contributed by atoms with Crippen molar-refractivity contribution in [1.29, 1.82) is 0 Å². The van der Waals surface area contributed by atoms with Crippen molar-refractivity contribution in [3.63, 3.8) is 0 Å². The first-order valence-corrected chi connectivity index (χ1v) is 6.60. The number of para-hydroxylation sites is 1.